The summed E-state index contributed by atoms with van der Waals surface area (Å²) in [4.78, 5) is 12.2. The number of nitrogens with zero attached hydrogens (tertiary/aromatic N) is 1. The SMILES string of the molecule is Cc1cc(N(CC(=O)NCCSC2CCCC2)S(C)(=O)=O)ccc1Br. The van der Waals surface area contributed by atoms with E-state index in [4.69, 9.17) is 0 Å². The lowest BCUT2D eigenvalue weighted by atomic mass is 10.2. The van der Waals surface area contributed by atoms with Crippen LogP contribution >= 0.6 is 27.7 Å². The first kappa shape index (κ1) is 20.6. The summed E-state index contributed by atoms with van der Waals surface area (Å²) in [6, 6.07) is 5.24. The number of rotatable bonds is 8. The van der Waals surface area contributed by atoms with Gasteiger partial charge in [-0.25, -0.2) is 8.42 Å². The summed E-state index contributed by atoms with van der Waals surface area (Å²) in [7, 11) is -3.53. The Morgan fingerprint density at radius 3 is 2.64 bits per heavy atom. The summed E-state index contributed by atoms with van der Waals surface area (Å²) in [6.07, 6.45) is 6.26. The number of thioether (sulfide) groups is 1. The number of anilines is 1. The van der Waals surface area contributed by atoms with Gasteiger partial charge in [-0.15, -0.1) is 0 Å². The van der Waals surface area contributed by atoms with Crippen LogP contribution in [-0.2, 0) is 14.8 Å². The molecule has 25 heavy (non-hydrogen) atoms. The van der Waals surface area contributed by atoms with E-state index in [1.165, 1.54) is 25.7 Å². The molecule has 0 saturated heterocycles. The van der Waals surface area contributed by atoms with Crippen LogP contribution < -0.4 is 9.62 Å². The molecule has 1 saturated carbocycles. The maximum Gasteiger partial charge on any atom is 0.240 e. The van der Waals surface area contributed by atoms with Crippen molar-refractivity contribution < 1.29 is 13.2 Å². The van der Waals surface area contributed by atoms with Gasteiger partial charge in [0, 0.05) is 22.0 Å². The second kappa shape index (κ2) is 9.28. The average Bonchev–Trinajstić information content (AvgIpc) is 3.04. The Balaban J connectivity index is 1.90. The fourth-order valence-corrected chi connectivity index (χ4v) is 5.16. The molecule has 0 unspecified atom stereocenters. The molecule has 1 amide bonds. The molecule has 8 heteroatoms. The van der Waals surface area contributed by atoms with Crippen molar-refractivity contribution in [3.8, 4) is 0 Å². The number of hydrogen-bond donors (Lipinski definition) is 1. The predicted octanol–water partition coefficient (Wildman–Crippen LogP) is 3.32. The summed E-state index contributed by atoms with van der Waals surface area (Å²) >= 11 is 5.30. The van der Waals surface area contributed by atoms with Crippen LogP contribution in [-0.4, -0.2) is 44.7 Å². The van der Waals surface area contributed by atoms with Gasteiger partial charge in [-0.3, -0.25) is 9.10 Å². The van der Waals surface area contributed by atoms with Crippen molar-refractivity contribution in [2.75, 3.05) is 29.4 Å². The van der Waals surface area contributed by atoms with Crippen molar-refractivity contribution in [3.05, 3.63) is 28.2 Å². The molecule has 0 atom stereocenters. The van der Waals surface area contributed by atoms with Gasteiger partial charge in [-0.2, -0.15) is 11.8 Å². The fraction of sp³-hybridized carbons (Fsp3) is 0.588. The largest absolute Gasteiger partial charge is 0.354 e. The second-order valence-electron chi connectivity index (χ2n) is 6.33. The molecule has 1 aliphatic rings. The summed E-state index contributed by atoms with van der Waals surface area (Å²) in [5.41, 5.74) is 1.42. The Kier molecular flexibility index (Phi) is 7.64. The van der Waals surface area contributed by atoms with Crippen LogP contribution in [0, 0.1) is 6.92 Å². The van der Waals surface area contributed by atoms with Gasteiger partial charge in [0.25, 0.3) is 0 Å². The normalized spacial score (nSPS) is 15.3. The molecular weight excluding hydrogens is 424 g/mol. The molecule has 1 aliphatic carbocycles. The third-order valence-electron chi connectivity index (χ3n) is 4.20. The predicted molar refractivity (Wildman–Crippen MR) is 109 cm³/mol. The molecule has 1 fully saturated rings. The highest BCUT2D eigenvalue weighted by Crippen LogP contribution is 2.29. The lowest BCUT2D eigenvalue weighted by Gasteiger charge is -2.22. The lowest BCUT2D eigenvalue weighted by molar-refractivity contribution is -0.119. The zero-order valence-electron chi connectivity index (χ0n) is 14.6. The van der Waals surface area contributed by atoms with E-state index in [0.717, 1.165) is 31.6 Å². The van der Waals surface area contributed by atoms with E-state index >= 15 is 0 Å². The van der Waals surface area contributed by atoms with Gasteiger partial charge in [0.2, 0.25) is 15.9 Å². The molecule has 0 aliphatic heterocycles. The molecule has 140 valence electrons. The standard InChI is InChI=1S/C17H25BrN2O3S2/c1-13-11-14(7-8-16(13)18)20(25(2,22)23)12-17(21)19-9-10-24-15-5-3-4-6-15/h7-8,11,15H,3-6,9-10,12H2,1-2H3,(H,19,21). The van der Waals surface area contributed by atoms with Gasteiger partial charge >= 0.3 is 0 Å². The molecule has 0 aromatic heterocycles. The van der Waals surface area contributed by atoms with Crippen molar-refractivity contribution in [1.82, 2.24) is 5.32 Å². The molecule has 1 N–H and O–H groups in total. The third kappa shape index (κ3) is 6.49. The Bertz CT molecular complexity index is 704. The number of carbonyl (C=O) groups excluding carboxylic acids is 1. The van der Waals surface area contributed by atoms with Crippen LogP contribution in [0.15, 0.2) is 22.7 Å². The Morgan fingerprint density at radius 1 is 1.36 bits per heavy atom. The van der Waals surface area contributed by atoms with E-state index < -0.39 is 10.0 Å². The van der Waals surface area contributed by atoms with Gasteiger partial charge in [-0.05, 0) is 43.5 Å². The van der Waals surface area contributed by atoms with Crippen LogP contribution in [0.5, 0.6) is 0 Å². The monoisotopic (exact) mass is 448 g/mol. The van der Waals surface area contributed by atoms with Gasteiger partial charge in [0.05, 0.1) is 11.9 Å². The number of aryl methyl sites for hydroxylation is 1. The maximum absolute atomic E-state index is 12.2. The number of nitrogens with one attached hydrogen (secondary N) is 1. The molecule has 0 heterocycles. The molecule has 0 spiro atoms. The van der Waals surface area contributed by atoms with E-state index in [1.54, 1.807) is 18.2 Å². The van der Waals surface area contributed by atoms with Gasteiger partial charge < -0.3 is 5.32 Å². The van der Waals surface area contributed by atoms with Gasteiger partial charge in [0.15, 0.2) is 0 Å². The number of carbonyl (C=O) groups is 1. The topological polar surface area (TPSA) is 66.5 Å². The highest BCUT2D eigenvalue weighted by atomic mass is 79.9. The smallest absolute Gasteiger partial charge is 0.240 e. The van der Waals surface area contributed by atoms with E-state index in [1.807, 2.05) is 18.7 Å². The number of benzene rings is 1. The minimum atomic E-state index is -3.53. The Labute approximate surface area is 163 Å². The van der Waals surface area contributed by atoms with Crippen molar-refractivity contribution in [2.45, 2.75) is 37.9 Å². The molecular formula is C17H25BrN2O3S2. The van der Waals surface area contributed by atoms with E-state index in [-0.39, 0.29) is 12.5 Å². The van der Waals surface area contributed by atoms with E-state index in [2.05, 4.69) is 21.2 Å². The number of sulfonamides is 1. The zero-order valence-corrected chi connectivity index (χ0v) is 17.8. The maximum atomic E-state index is 12.2. The average molecular weight is 449 g/mol. The van der Waals surface area contributed by atoms with E-state index in [9.17, 15) is 13.2 Å². The highest BCUT2D eigenvalue weighted by molar-refractivity contribution is 9.10. The minimum Gasteiger partial charge on any atom is -0.354 e. The van der Waals surface area contributed by atoms with E-state index in [0.29, 0.717) is 12.2 Å². The van der Waals surface area contributed by atoms with Gasteiger partial charge in [-0.1, -0.05) is 28.8 Å². The molecule has 2 rings (SSSR count). The molecule has 1 aromatic rings. The van der Waals surface area contributed by atoms with Crippen LogP contribution in [0.2, 0.25) is 0 Å². The van der Waals surface area contributed by atoms with Gasteiger partial charge in [0.1, 0.15) is 6.54 Å². The highest BCUT2D eigenvalue weighted by Gasteiger charge is 2.21. The van der Waals surface area contributed by atoms with Crippen LogP contribution in [0.4, 0.5) is 5.69 Å². The first-order chi connectivity index (χ1) is 11.8. The van der Waals surface area contributed by atoms with Crippen molar-refractivity contribution in [3.63, 3.8) is 0 Å². The lowest BCUT2D eigenvalue weighted by Crippen LogP contribution is -2.41. The number of hydrogen-bond acceptors (Lipinski definition) is 4. The minimum absolute atomic E-state index is 0.200. The van der Waals surface area contributed by atoms with Crippen LogP contribution in [0.25, 0.3) is 0 Å². The second-order valence-corrected chi connectivity index (χ2v) is 10.5. The zero-order chi connectivity index (χ0) is 18.4. The summed E-state index contributed by atoms with van der Waals surface area (Å²) in [5, 5.41) is 3.55. The summed E-state index contributed by atoms with van der Waals surface area (Å²) in [5.74, 6) is 0.588. The first-order valence-electron chi connectivity index (χ1n) is 8.39. The summed E-state index contributed by atoms with van der Waals surface area (Å²) < 4.78 is 26.2. The Hall–Kier alpha value is -0.730. The third-order valence-corrected chi connectivity index (χ3v) is 7.61. The molecule has 0 bridgehead atoms. The Morgan fingerprint density at radius 2 is 2.04 bits per heavy atom. The molecule has 0 radical (unpaired) electrons. The fourth-order valence-electron chi connectivity index (χ4n) is 2.84. The number of amides is 1. The van der Waals surface area contributed by atoms with Crippen molar-refractivity contribution >= 4 is 49.3 Å². The summed E-state index contributed by atoms with van der Waals surface area (Å²) in [6.45, 7) is 2.25. The molecule has 5 nitrogen and oxygen atoms in total. The first-order valence-corrected chi connectivity index (χ1v) is 12.1. The van der Waals surface area contributed by atoms with Crippen molar-refractivity contribution in [2.24, 2.45) is 0 Å². The van der Waals surface area contributed by atoms with Crippen molar-refractivity contribution in [1.29, 1.82) is 0 Å². The van der Waals surface area contributed by atoms with Crippen LogP contribution in [0.3, 0.4) is 0 Å². The number of halogens is 1. The quantitative estimate of drug-likeness (QED) is 0.619. The van der Waals surface area contributed by atoms with Crippen LogP contribution in [0.1, 0.15) is 31.2 Å². The molecule has 1 aromatic carbocycles.